The van der Waals surface area contributed by atoms with Gasteiger partial charge in [0.1, 0.15) is 5.75 Å². The quantitative estimate of drug-likeness (QED) is 0.712. The fourth-order valence-corrected chi connectivity index (χ4v) is 2.04. The molecular weight excluding hydrogens is 258 g/mol. The van der Waals surface area contributed by atoms with Crippen molar-refractivity contribution in [2.24, 2.45) is 5.92 Å². The van der Waals surface area contributed by atoms with Crippen molar-refractivity contribution in [1.29, 1.82) is 0 Å². The van der Waals surface area contributed by atoms with E-state index in [4.69, 9.17) is 16.3 Å². The topological polar surface area (TPSA) is 21.3 Å². The first-order chi connectivity index (χ1) is 8.99. The molecule has 19 heavy (non-hydrogen) atoms. The zero-order valence-corrected chi connectivity index (χ0v) is 13.3. The number of halogens is 1. The minimum absolute atomic E-state index is 0.195. The molecule has 0 spiro atoms. The van der Waals surface area contributed by atoms with Gasteiger partial charge in [-0.05, 0) is 63.4 Å². The molecule has 2 nitrogen and oxygen atoms in total. The second kappa shape index (κ2) is 8.44. The molecule has 1 rings (SSSR count). The summed E-state index contributed by atoms with van der Waals surface area (Å²) in [4.78, 5) is 0. The summed E-state index contributed by atoms with van der Waals surface area (Å²) in [6.07, 6.45) is 2.35. The molecule has 0 aliphatic carbocycles. The summed E-state index contributed by atoms with van der Waals surface area (Å²) in [7, 11) is 0. The van der Waals surface area contributed by atoms with Crippen LogP contribution >= 0.6 is 11.6 Å². The first-order valence-electron chi connectivity index (χ1n) is 7.12. The molecule has 0 saturated heterocycles. The molecule has 0 aromatic heterocycles. The lowest BCUT2D eigenvalue weighted by atomic mass is 10.2. The fourth-order valence-electron chi connectivity index (χ4n) is 1.88. The van der Waals surface area contributed by atoms with Gasteiger partial charge >= 0.3 is 0 Å². The van der Waals surface area contributed by atoms with Gasteiger partial charge in [-0.25, -0.2) is 0 Å². The van der Waals surface area contributed by atoms with Crippen LogP contribution in [0.3, 0.4) is 0 Å². The summed E-state index contributed by atoms with van der Waals surface area (Å²) in [5.74, 6) is 1.50. The highest BCUT2D eigenvalue weighted by molar-refractivity contribution is 6.32. The number of ether oxygens (including phenoxy) is 1. The lowest BCUT2D eigenvalue weighted by Crippen LogP contribution is -2.22. The van der Waals surface area contributed by atoms with Gasteiger partial charge in [-0.2, -0.15) is 0 Å². The predicted octanol–water partition coefficient (Wildman–Crippen LogP) is 4.44. The smallest absolute Gasteiger partial charge is 0.138 e. The normalized spacial score (nSPS) is 12.7. The van der Waals surface area contributed by atoms with Crippen LogP contribution in [0.4, 0.5) is 0 Å². The van der Waals surface area contributed by atoms with Crippen LogP contribution in [0.25, 0.3) is 0 Å². The summed E-state index contributed by atoms with van der Waals surface area (Å²) in [6.45, 7) is 10.7. The summed E-state index contributed by atoms with van der Waals surface area (Å²) >= 11 is 6.12. The van der Waals surface area contributed by atoms with Crippen molar-refractivity contribution in [3.63, 3.8) is 0 Å². The van der Waals surface area contributed by atoms with E-state index in [-0.39, 0.29) is 6.10 Å². The first kappa shape index (κ1) is 16.3. The molecule has 0 radical (unpaired) electrons. The molecule has 1 atom stereocenters. The van der Waals surface area contributed by atoms with Crippen LogP contribution in [0, 0.1) is 12.8 Å². The Balaban J connectivity index is 2.27. The minimum atomic E-state index is 0.195. The Bertz CT molecular complexity index is 379. The van der Waals surface area contributed by atoms with Crippen LogP contribution in [0.15, 0.2) is 18.2 Å². The summed E-state index contributed by atoms with van der Waals surface area (Å²) in [5.41, 5.74) is 1.17. The maximum absolute atomic E-state index is 6.12. The maximum atomic E-state index is 6.12. The van der Waals surface area contributed by atoms with Crippen molar-refractivity contribution in [3.05, 3.63) is 28.8 Å². The number of hydrogen-bond donors (Lipinski definition) is 1. The van der Waals surface area contributed by atoms with Gasteiger partial charge in [-0.1, -0.05) is 31.5 Å². The third kappa shape index (κ3) is 6.84. The van der Waals surface area contributed by atoms with Crippen LogP contribution in [0.5, 0.6) is 5.75 Å². The molecule has 108 valence electrons. The van der Waals surface area contributed by atoms with E-state index in [9.17, 15) is 0 Å². The van der Waals surface area contributed by atoms with Crippen molar-refractivity contribution in [3.8, 4) is 5.75 Å². The van der Waals surface area contributed by atoms with Gasteiger partial charge in [0.2, 0.25) is 0 Å². The van der Waals surface area contributed by atoms with Crippen LogP contribution < -0.4 is 10.1 Å². The van der Waals surface area contributed by atoms with Gasteiger partial charge < -0.3 is 10.1 Å². The van der Waals surface area contributed by atoms with E-state index >= 15 is 0 Å². The number of aryl methyl sites for hydroxylation is 1. The van der Waals surface area contributed by atoms with Crippen molar-refractivity contribution < 1.29 is 4.74 Å². The van der Waals surface area contributed by atoms with Crippen molar-refractivity contribution in [1.82, 2.24) is 5.32 Å². The molecule has 3 heteroatoms. The third-order valence-corrected chi connectivity index (χ3v) is 3.24. The third-order valence-electron chi connectivity index (χ3n) is 2.93. The average Bonchev–Trinajstić information content (AvgIpc) is 2.33. The molecule has 1 aromatic rings. The number of hydrogen-bond acceptors (Lipinski definition) is 2. The van der Waals surface area contributed by atoms with Gasteiger partial charge in [0, 0.05) is 0 Å². The molecule has 1 N–H and O–H groups in total. The van der Waals surface area contributed by atoms with Crippen LogP contribution in [-0.4, -0.2) is 19.2 Å². The van der Waals surface area contributed by atoms with Crippen LogP contribution in [0.1, 0.15) is 39.2 Å². The van der Waals surface area contributed by atoms with E-state index in [2.05, 4.69) is 26.1 Å². The SMILES string of the molecule is Cc1ccc(Cl)c(OC(C)CCCNCC(C)C)c1. The summed E-state index contributed by atoms with van der Waals surface area (Å²) in [6, 6.07) is 5.88. The largest absolute Gasteiger partial charge is 0.489 e. The highest BCUT2D eigenvalue weighted by atomic mass is 35.5. The van der Waals surface area contributed by atoms with E-state index < -0.39 is 0 Å². The van der Waals surface area contributed by atoms with Crippen molar-refractivity contribution in [2.75, 3.05) is 13.1 Å². The molecule has 1 aromatic carbocycles. The summed E-state index contributed by atoms with van der Waals surface area (Å²) < 4.78 is 5.89. The van der Waals surface area contributed by atoms with E-state index in [0.717, 1.165) is 31.7 Å². The van der Waals surface area contributed by atoms with Gasteiger partial charge in [-0.15, -0.1) is 0 Å². The van der Waals surface area contributed by atoms with E-state index in [0.29, 0.717) is 10.9 Å². The molecule has 0 bridgehead atoms. The highest BCUT2D eigenvalue weighted by Crippen LogP contribution is 2.26. The Hall–Kier alpha value is -0.730. The second-order valence-electron chi connectivity index (χ2n) is 5.60. The molecule has 0 saturated carbocycles. The average molecular weight is 284 g/mol. The standard InChI is InChI=1S/C16H26ClNO/c1-12(2)11-18-9-5-6-14(4)19-16-10-13(3)7-8-15(16)17/h7-8,10,12,14,18H,5-6,9,11H2,1-4H3. The molecule has 0 fully saturated rings. The Morgan fingerprint density at radius 2 is 2.00 bits per heavy atom. The minimum Gasteiger partial charge on any atom is -0.489 e. The Kier molecular flexibility index (Phi) is 7.25. The van der Waals surface area contributed by atoms with Crippen molar-refractivity contribution in [2.45, 2.75) is 46.6 Å². The van der Waals surface area contributed by atoms with Gasteiger partial charge in [0.25, 0.3) is 0 Å². The highest BCUT2D eigenvalue weighted by Gasteiger charge is 2.07. The molecule has 0 aliphatic heterocycles. The Labute approximate surface area is 122 Å². The zero-order valence-electron chi connectivity index (χ0n) is 12.5. The lowest BCUT2D eigenvalue weighted by molar-refractivity contribution is 0.207. The fraction of sp³-hybridized carbons (Fsp3) is 0.625. The monoisotopic (exact) mass is 283 g/mol. The Morgan fingerprint density at radius 3 is 2.68 bits per heavy atom. The van der Waals surface area contributed by atoms with E-state index in [1.54, 1.807) is 0 Å². The van der Waals surface area contributed by atoms with Gasteiger partial charge in [0.15, 0.2) is 0 Å². The predicted molar refractivity (Wildman–Crippen MR) is 83.2 cm³/mol. The van der Waals surface area contributed by atoms with Crippen molar-refractivity contribution >= 4 is 11.6 Å². The molecule has 1 unspecified atom stereocenters. The molecular formula is C16H26ClNO. The number of nitrogens with one attached hydrogen (secondary N) is 1. The van der Waals surface area contributed by atoms with Gasteiger partial charge in [0.05, 0.1) is 11.1 Å². The first-order valence-corrected chi connectivity index (χ1v) is 7.50. The lowest BCUT2D eigenvalue weighted by Gasteiger charge is -2.16. The zero-order chi connectivity index (χ0) is 14.3. The molecule has 0 aliphatic rings. The Morgan fingerprint density at radius 1 is 1.26 bits per heavy atom. The number of benzene rings is 1. The van der Waals surface area contributed by atoms with Crippen LogP contribution in [0.2, 0.25) is 5.02 Å². The van der Waals surface area contributed by atoms with Gasteiger partial charge in [-0.3, -0.25) is 0 Å². The molecule has 0 heterocycles. The second-order valence-corrected chi connectivity index (χ2v) is 6.01. The van der Waals surface area contributed by atoms with Crippen LogP contribution in [-0.2, 0) is 0 Å². The van der Waals surface area contributed by atoms with E-state index in [1.165, 1.54) is 5.56 Å². The number of rotatable bonds is 8. The van der Waals surface area contributed by atoms with E-state index in [1.807, 2.05) is 25.1 Å². The molecule has 0 amide bonds. The maximum Gasteiger partial charge on any atom is 0.138 e. The summed E-state index contributed by atoms with van der Waals surface area (Å²) in [5, 5.41) is 4.13.